The highest BCUT2D eigenvalue weighted by Crippen LogP contribution is 2.37. The molecule has 0 aliphatic heterocycles. The normalized spacial score (nSPS) is 18.9. The lowest BCUT2D eigenvalue weighted by molar-refractivity contribution is -0.144. The molecule has 0 aromatic carbocycles. The molecule has 0 bridgehead atoms. The molecule has 0 N–H and O–H groups in total. The van der Waals surface area contributed by atoms with Crippen LogP contribution in [-0.2, 0) is 14.3 Å². The van der Waals surface area contributed by atoms with Crippen LogP contribution in [0.4, 0.5) is 0 Å². The summed E-state index contributed by atoms with van der Waals surface area (Å²) < 4.78 is 15.5. The Balaban J connectivity index is 2.22. The van der Waals surface area contributed by atoms with Crippen molar-refractivity contribution < 1.29 is 18.8 Å². The molecule has 0 saturated heterocycles. The fourth-order valence-corrected chi connectivity index (χ4v) is 2.87. The first-order chi connectivity index (χ1) is 9.71. The zero-order chi connectivity index (χ0) is 14.5. The van der Waals surface area contributed by atoms with E-state index in [2.05, 4.69) is 10.1 Å². The van der Waals surface area contributed by atoms with Crippen LogP contribution in [-0.4, -0.2) is 30.3 Å². The second-order valence-corrected chi connectivity index (χ2v) is 5.17. The molecule has 1 aliphatic carbocycles. The SMILES string of the molecule is CCC(OC)c1noc(C(C(=O)OC)C2CCCC2)n1. The van der Waals surface area contributed by atoms with Gasteiger partial charge in [0.2, 0.25) is 11.7 Å². The maximum absolute atomic E-state index is 12.0. The third kappa shape index (κ3) is 3.00. The lowest BCUT2D eigenvalue weighted by atomic mass is 9.91. The highest BCUT2D eigenvalue weighted by molar-refractivity contribution is 5.77. The zero-order valence-corrected chi connectivity index (χ0v) is 12.3. The molecule has 2 rings (SSSR count). The molecule has 2 unspecified atom stereocenters. The largest absolute Gasteiger partial charge is 0.468 e. The molecule has 0 amide bonds. The van der Waals surface area contributed by atoms with E-state index in [0.717, 1.165) is 32.1 Å². The van der Waals surface area contributed by atoms with E-state index in [4.69, 9.17) is 14.0 Å². The molecule has 1 saturated carbocycles. The van der Waals surface area contributed by atoms with Crippen LogP contribution in [0.1, 0.15) is 62.8 Å². The fourth-order valence-electron chi connectivity index (χ4n) is 2.87. The van der Waals surface area contributed by atoms with Crippen molar-refractivity contribution in [1.29, 1.82) is 0 Å². The molecule has 6 heteroatoms. The maximum Gasteiger partial charge on any atom is 0.318 e. The average molecular weight is 282 g/mol. The van der Waals surface area contributed by atoms with E-state index in [9.17, 15) is 4.79 Å². The molecule has 1 fully saturated rings. The molecule has 1 heterocycles. The van der Waals surface area contributed by atoms with Crippen LogP contribution in [0.25, 0.3) is 0 Å². The monoisotopic (exact) mass is 282 g/mol. The van der Waals surface area contributed by atoms with Crippen LogP contribution in [0.3, 0.4) is 0 Å². The van der Waals surface area contributed by atoms with Gasteiger partial charge in [0.15, 0.2) is 0 Å². The number of hydrogen-bond donors (Lipinski definition) is 0. The van der Waals surface area contributed by atoms with E-state index in [1.165, 1.54) is 7.11 Å². The highest BCUT2D eigenvalue weighted by atomic mass is 16.5. The number of hydrogen-bond acceptors (Lipinski definition) is 6. The number of rotatable bonds is 6. The molecule has 6 nitrogen and oxygen atoms in total. The summed E-state index contributed by atoms with van der Waals surface area (Å²) in [6.07, 6.45) is 4.82. The van der Waals surface area contributed by atoms with Gasteiger partial charge in [0, 0.05) is 7.11 Å². The van der Waals surface area contributed by atoms with Crippen LogP contribution >= 0.6 is 0 Å². The van der Waals surface area contributed by atoms with Gasteiger partial charge in [0.25, 0.3) is 0 Å². The van der Waals surface area contributed by atoms with Crippen molar-refractivity contribution in [2.24, 2.45) is 5.92 Å². The first-order valence-corrected chi connectivity index (χ1v) is 7.15. The first kappa shape index (κ1) is 15.0. The quantitative estimate of drug-likeness (QED) is 0.747. The average Bonchev–Trinajstić information content (AvgIpc) is 3.13. The molecule has 112 valence electrons. The molecular weight excluding hydrogens is 260 g/mol. The Kier molecular flexibility index (Phi) is 5.11. The van der Waals surface area contributed by atoms with Gasteiger partial charge in [-0.1, -0.05) is 24.9 Å². The predicted octanol–water partition coefficient (Wildman–Crippen LogP) is 2.61. The summed E-state index contributed by atoms with van der Waals surface area (Å²) in [6, 6.07) is 0. The van der Waals surface area contributed by atoms with Gasteiger partial charge < -0.3 is 14.0 Å². The van der Waals surface area contributed by atoms with Crippen LogP contribution in [0.15, 0.2) is 4.52 Å². The van der Waals surface area contributed by atoms with Gasteiger partial charge in [0.1, 0.15) is 12.0 Å². The first-order valence-electron chi connectivity index (χ1n) is 7.15. The zero-order valence-electron chi connectivity index (χ0n) is 12.3. The summed E-state index contributed by atoms with van der Waals surface area (Å²) in [4.78, 5) is 16.4. The van der Waals surface area contributed by atoms with E-state index < -0.39 is 5.92 Å². The van der Waals surface area contributed by atoms with E-state index in [1.54, 1.807) is 7.11 Å². The summed E-state index contributed by atoms with van der Waals surface area (Å²) in [5.74, 6) is 0.347. The third-order valence-electron chi connectivity index (χ3n) is 3.99. The predicted molar refractivity (Wildman–Crippen MR) is 71.1 cm³/mol. The third-order valence-corrected chi connectivity index (χ3v) is 3.99. The highest BCUT2D eigenvalue weighted by Gasteiger charge is 2.37. The van der Waals surface area contributed by atoms with Crippen molar-refractivity contribution in [3.05, 3.63) is 11.7 Å². The van der Waals surface area contributed by atoms with Gasteiger partial charge in [0.05, 0.1) is 7.11 Å². The van der Waals surface area contributed by atoms with E-state index in [1.807, 2.05) is 6.92 Å². The lowest BCUT2D eigenvalue weighted by Crippen LogP contribution is -2.22. The summed E-state index contributed by atoms with van der Waals surface area (Å²) >= 11 is 0. The van der Waals surface area contributed by atoms with E-state index in [0.29, 0.717) is 11.7 Å². The van der Waals surface area contributed by atoms with Gasteiger partial charge in [-0.3, -0.25) is 4.79 Å². The summed E-state index contributed by atoms with van der Waals surface area (Å²) in [5.41, 5.74) is 0. The minimum atomic E-state index is -0.446. The molecule has 20 heavy (non-hydrogen) atoms. The molecule has 2 atom stereocenters. The number of carbonyl (C=O) groups excluding carboxylic acids is 1. The van der Waals surface area contributed by atoms with Gasteiger partial charge in [-0.2, -0.15) is 4.98 Å². The number of nitrogens with zero attached hydrogens (tertiary/aromatic N) is 2. The Morgan fingerprint density at radius 2 is 2.10 bits per heavy atom. The minimum absolute atomic E-state index is 0.200. The molecule has 1 aromatic rings. The van der Waals surface area contributed by atoms with Crippen LogP contribution in [0.2, 0.25) is 0 Å². The van der Waals surface area contributed by atoms with Crippen molar-refractivity contribution in [2.45, 2.75) is 51.0 Å². The standard InChI is InChI=1S/C14H22N2O4/c1-4-10(18-2)12-15-13(20-16-12)11(14(17)19-3)9-7-5-6-8-9/h9-11H,4-8H2,1-3H3. The summed E-state index contributed by atoms with van der Waals surface area (Å²) in [6.45, 7) is 1.99. The fraction of sp³-hybridized carbons (Fsp3) is 0.786. The van der Waals surface area contributed by atoms with Crippen molar-refractivity contribution in [1.82, 2.24) is 10.1 Å². The Hall–Kier alpha value is -1.43. The maximum atomic E-state index is 12.0. The van der Waals surface area contributed by atoms with Gasteiger partial charge in [-0.05, 0) is 25.2 Å². The number of aromatic nitrogens is 2. The Morgan fingerprint density at radius 3 is 2.65 bits per heavy atom. The number of esters is 1. The van der Waals surface area contributed by atoms with Crippen LogP contribution < -0.4 is 0 Å². The molecular formula is C14H22N2O4. The topological polar surface area (TPSA) is 74.5 Å². The van der Waals surface area contributed by atoms with Gasteiger partial charge >= 0.3 is 5.97 Å². The number of ether oxygens (including phenoxy) is 2. The summed E-state index contributed by atoms with van der Waals surface area (Å²) in [7, 11) is 3.00. The Morgan fingerprint density at radius 1 is 1.40 bits per heavy atom. The molecule has 0 radical (unpaired) electrons. The van der Waals surface area contributed by atoms with Crippen LogP contribution in [0.5, 0.6) is 0 Å². The van der Waals surface area contributed by atoms with Crippen molar-refractivity contribution in [2.75, 3.05) is 14.2 Å². The Labute approximate surface area is 118 Å². The van der Waals surface area contributed by atoms with Gasteiger partial charge in [-0.15, -0.1) is 0 Å². The van der Waals surface area contributed by atoms with E-state index >= 15 is 0 Å². The van der Waals surface area contributed by atoms with Crippen molar-refractivity contribution in [3.8, 4) is 0 Å². The molecule has 1 aromatic heterocycles. The Bertz CT molecular complexity index is 436. The lowest BCUT2D eigenvalue weighted by Gasteiger charge is -2.16. The second kappa shape index (κ2) is 6.83. The molecule has 1 aliphatic rings. The second-order valence-electron chi connectivity index (χ2n) is 5.17. The number of methoxy groups -OCH3 is 2. The van der Waals surface area contributed by atoms with Crippen molar-refractivity contribution in [3.63, 3.8) is 0 Å². The molecule has 0 spiro atoms. The van der Waals surface area contributed by atoms with Crippen molar-refractivity contribution >= 4 is 5.97 Å². The van der Waals surface area contributed by atoms with Gasteiger partial charge in [-0.25, -0.2) is 0 Å². The number of carbonyl (C=O) groups is 1. The minimum Gasteiger partial charge on any atom is -0.468 e. The van der Waals surface area contributed by atoms with E-state index in [-0.39, 0.29) is 18.0 Å². The summed E-state index contributed by atoms with van der Waals surface area (Å²) in [5, 5.41) is 3.95. The van der Waals surface area contributed by atoms with Crippen LogP contribution in [0, 0.1) is 5.92 Å². The smallest absolute Gasteiger partial charge is 0.318 e.